The Bertz CT molecular complexity index is 852. The van der Waals surface area contributed by atoms with Crippen molar-refractivity contribution in [3.8, 4) is 5.75 Å². The monoisotopic (exact) mass is 437 g/mol. The van der Waals surface area contributed by atoms with E-state index in [-0.39, 0.29) is 6.04 Å². The van der Waals surface area contributed by atoms with Gasteiger partial charge in [-0.2, -0.15) is 0 Å². The average Bonchev–Trinajstić information content (AvgIpc) is 3.19. The summed E-state index contributed by atoms with van der Waals surface area (Å²) in [4.78, 5) is 11.2. The van der Waals surface area contributed by atoms with Crippen molar-refractivity contribution in [3.63, 3.8) is 0 Å². The second-order valence-corrected chi connectivity index (χ2v) is 7.34. The van der Waals surface area contributed by atoms with Crippen LogP contribution in [0.3, 0.4) is 0 Å². The number of alkyl halides is 2. The molecule has 2 N–H and O–H groups in total. The third-order valence-corrected chi connectivity index (χ3v) is 4.90. The van der Waals surface area contributed by atoms with Crippen molar-refractivity contribution in [2.75, 3.05) is 31.1 Å². The Balaban J connectivity index is 1.59. The number of rotatable bonds is 8. The van der Waals surface area contributed by atoms with Gasteiger partial charge in [0.2, 0.25) is 0 Å². The summed E-state index contributed by atoms with van der Waals surface area (Å²) in [5, 5.41) is 7.35. The molecular formula is C21H26ClF2N5O. The van der Waals surface area contributed by atoms with E-state index in [4.69, 9.17) is 16.3 Å². The molecule has 1 atom stereocenters. The molecular weight excluding hydrogens is 412 g/mol. The van der Waals surface area contributed by atoms with Crippen LogP contribution in [-0.4, -0.2) is 49.7 Å². The number of anilines is 1. The topological polar surface area (TPSA) is 61.8 Å². The molecule has 30 heavy (non-hydrogen) atoms. The molecule has 1 aromatic heterocycles. The lowest BCUT2D eigenvalue weighted by Crippen LogP contribution is -2.44. The summed E-state index contributed by atoms with van der Waals surface area (Å²) in [5.74, 6) is 1.92. The summed E-state index contributed by atoms with van der Waals surface area (Å²) in [6.45, 7) is 4.16. The molecule has 0 saturated carbocycles. The number of guanidine groups is 1. The number of aliphatic imine (C=N–C) groups is 1. The number of pyridine rings is 1. The molecule has 1 aromatic carbocycles. The zero-order chi connectivity index (χ0) is 21.3. The first-order valence-corrected chi connectivity index (χ1v) is 10.3. The Morgan fingerprint density at radius 3 is 3.00 bits per heavy atom. The molecule has 2 heterocycles. The molecule has 0 bridgehead atoms. The first-order chi connectivity index (χ1) is 14.5. The van der Waals surface area contributed by atoms with Gasteiger partial charge in [0.1, 0.15) is 18.2 Å². The normalized spacial score (nSPS) is 16.8. The Morgan fingerprint density at radius 1 is 1.37 bits per heavy atom. The fourth-order valence-corrected chi connectivity index (χ4v) is 3.50. The van der Waals surface area contributed by atoms with Gasteiger partial charge < -0.3 is 20.3 Å². The second kappa shape index (κ2) is 11.0. The lowest BCUT2D eigenvalue weighted by molar-refractivity contribution is 0.0818. The smallest absolute Gasteiger partial charge is 0.272 e. The highest BCUT2D eigenvalue weighted by atomic mass is 35.5. The van der Waals surface area contributed by atoms with E-state index in [0.717, 1.165) is 37.4 Å². The SMILES string of the molecule is CCNC(=NCc1cccc(OCC(F)F)c1)NC1CCN(c2ncccc2Cl)C1. The number of nitrogens with zero attached hydrogens (tertiary/aromatic N) is 3. The van der Waals surface area contributed by atoms with Gasteiger partial charge >= 0.3 is 0 Å². The molecule has 6 nitrogen and oxygen atoms in total. The van der Waals surface area contributed by atoms with Gasteiger partial charge in [0.05, 0.1) is 11.6 Å². The predicted molar refractivity (Wildman–Crippen MR) is 116 cm³/mol. The second-order valence-electron chi connectivity index (χ2n) is 6.93. The van der Waals surface area contributed by atoms with Gasteiger partial charge in [0.25, 0.3) is 6.43 Å². The number of hydrogen-bond acceptors (Lipinski definition) is 4. The van der Waals surface area contributed by atoms with Gasteiger partial charge in [-0.3, -0.25) is 0 Å². The van der Waals surface area contributed by atoms with Gasteiger partial charge in [-0.15, -0.1) is 0 Å². The van der Waals surface area contributed by atoms with Crippen LogP contribution in [0.4, 0.5) is 14.6 Å². The van der Waals surface area contributed by atoms with Crippen LogP contribution in [0.25, 0.3) is 0 Å². The highest BCUT2D eigenvalue weighted by Crippen LogP contribution is 2.25. The van der Waals surface area contributed by atoms with Crippen LogP contribution in [-0.2, 0) is 6.54 Å². The fraction of sp³-hybridized carbons (Fsp3) is 0.429. The Hall–Kier alpha value is -2.61. The molecule has 0 spiro atoms. The van der Waals surface area contributed by atoms with E-state index in [1.807, 2.05) is 25.1 Å². The number of benzene rings is 1. The van der Waals surface area contributed by atoms with Crippen LogP contribution in [0, 0.1) is 0 Å². The minimum atomic E-state index is -2.50. The number of aromatic nitrogens is 1. The summed E-state index contributed by atoms with van der Waals surface area (Å²) in [7, 11) is 0. The van der Waals surface area contributed by atoms with E-state index in [2.05, 4.69) is 25.5 Å². The maximum absolute atomic E-state index is 12.3. The van der Waals surface area contributed by atoms with Crippen molar-refractivity contribution in [3.05, 3.63) is 53.2 Å². The summed E-state index contributed by atoms with van der Waals surface area (Å²) in [6, 6.07) is 10.9. The Labute approximate surface area is 180 Å². The summed E-state index contributed by atoms with van der Waals surface area (Å²) in [5.41, 5.74) is 0.882. The van der Waals surface area contributed by atoms with Crippen molar-refractivity contribution in [2.24, 2.45) is 4.99 Å². The van der Waals surface area contributed by atoms with Crippen molar-refractivity contribution >= 4 is 23.4 Å². The van der Waals surface area contributed by atoms with Gasteiger partial charge in [-0.05, 0) is 43.2 Å². The zero-order valence-electron chi connectivity index (χ0n) is 16.8. The largest absolute Gasteiger partial charge is 0.488 e. The molecule has 1 fully saturated rings. The predicted octanol–water partition coefficient (Wildman–Crippen LogP) is 3.71. The minimum absolute atomic E-state index is 0.210. The van der Waals surface area contributed by atoms with Crippen LogP contribution in [0.2, 0.25) is 5.02 Å². The van der Waals surface area contributed by atoms with Crippen LogP contribution in [0.5, 0.6) is 5.75 Å². The molecule has 2 aromatic rings. The molecule has 162 valence electrons. The zero-order valence-corrected chi connectivity index (χ0v) is 17.6. The van der Waals surface area contributed by atoms with E-state index in [0.29, 0.717) is 23.3 Å². The molecule has 9 heteroatoms. The quantitative estimate of drug-likeness (QED) is 0.487. The number of hydrogen-bond donors (Lipinski definition) is 2. The standard InChI is InChI=1S/C21H26ClF2N5O/c1-2-25-21(27-12-15-5-3-6-17(11-15)30-14-19(23)24)28-16-8-10-29(13-16)20-18(22)7-4-9-26-20/h3-7,9,11,16,19H,2,8,10,12-14H2,1H3,(H2,25,27,28). The summed E-state index contributed by atoms with van der Waals surface area (Å²) in [6.07, 6.45) is 0.184. The summed E-state index contributed by atoms with van der Waals surface area (Å²) >= 11 is 6.27. The lowest BCUT2D eigenvalue weighted by Gasteiger charge is -2.20. The van der Waals surface area contributed by atoms with E-state index < -0.39 is 13.0 Å². The van der Waals surface area contributed by atoms with E-state index in [9.17, 15) is 8.78 Å². The molecule has 0 amide bonds. The first-order valence-electron chi connectivity index (χ1n) is 9.95. The van der Waals surface area contributed by atoms with Crippen molar-refractivity contribution in [1.29, 1.82) is 0 Å². The third-order valence-electron chi connectivity index (χ3n) is 4.61. The van der Waals surface area contributed by atoms with Gasteiger partial charge in [-0.1, -0.05) is 23.7 Å². The number of halogens is 3. The van der Waals surface area contributed by atoms with Crippen LogP contribution >= 0.6 is 11.6 Å². The Morgan fingerprint density at radius 2 is 2.23 bits per heavy atom. The van der Waals surface area contributed by atoms with E-state index >= 15 is 0 Å². The molecule has 1 saturated heterocycles. The maximum Gasteiger partial charge on any atom is 0.272 e. The summed E-state index contributed by atoms with van der Waals surface area (Å²) < 4.78 is 29.7. The number of nitrogens with one attached hydrogen (secondary N) is 2. The third kappa shape index (κ3) is 6.45. The van der Waals surface area contributed by atoms with E-state index in [1.165, 1.54) is 0 Å². The fourth-order valence-electron chi connectivity index (χ4n) is 3.26. The van der Waals surface area contributed by atoms with Crippen molar-refractivity contribution < 1.29 is 13.5 Å². The number of ether oxygens (including phenoxy) is 1. The Kier molecular flexibility index (Phi) is 8.07. The van der Waals surface area contributed by atoms with Crippen molar-refractivity contribution in [1.82, 2.24) is 15.6 Å². The van der Waals surface area contributed by atoms with Crippen LogP contribution in [0.15, 0.2) is 47.6 Å². The van der Waals surface area contributed by atoms with Gasteiger partial charge in [-0.25, -0.2) is 18.8 Å². The minimum Gasteiger partial charge on any atom is -0.488 e. The highest BCUT2D eigenvalue weighted by Gasteiger charge is 2.25. The first kappa shape index (κ1) is 22.1. The van der Waals surface area contributed by atoms with Gasteiger partial charge in [0.15, 0.2) is 5.96 Å². The average molecular weight is 438 g/mol. The molecule has 0 aliphatic carbocycles. The molecule has 1 aliphatic rings. The van der Waals surface area contributed by atoms with Gasteiger partial charge in [0, 0.05) is 31.9 Å². The lowest BCUT2D eigenvalue weighted by atomic mass is 10.2. The molecule has 1 aliphatic heterocycles. The maximum atomic E-state index is 12.3. The van der Waals surface area contributed by atoms with Crippen LogP contribution in [0.1, 0.15) is 18.9 Å². The molecule has 1 unspecified atom stereocenters. The highest BCUT2D eigenvalue weighted by molar-refractivity contribution is 6.32. The van der Waals surface area contributed by atoms with Crippen LogP contribution < -0.4 is 20.3 Å². The van der Waals surface area contributed by atoms with Crippen molar-refractivity contribution in [2.45, 2.75) is 32.4 Å². The molecule has 0 radical (unpaired) electrons. The van der Waals surface area contributed by atoms with E-state index in [1.54, 1.807) is 24.4 Å². The molecule has 3 rings (SSSR count).